The van der Waals surface area contributed by atoms with Gasteiger partial charge in [-0.2, -0.15) is 0 Å². The number of nitrogens with one attached hydrogen (secondary N) is 5. The molecule has 2 aliphatic carbocycles. The standard InChI is InChI=1S/C101H178N8O10/c1-8-11-13-15-17-19-21-23-25-27-28-30-35-39-45-61-79-114-85-101(10-3,118-80-62-46-40-36-31-29-26-24-22-20-18-16-14-12-9-2)86-115-97(112)104-74-58-44-43-57-73-102-76-71-99(4,5)116-81-72-100(6,7)117-82-77-103-93(110)69-51-47-59-75-105-98(113)119-92-83-88-65-53-54-66-89(88)95-96(91-68-56-55-67-90(91)92)109(108-107-95)78-60-48-52-70-94(111)106-84-87-63-49-41-37-33-32-34-38-42-50-64-87/h53-56,65-68,87,92,102H,8-52,57-64,69-86H2,1-7H3,(H,103,110)(H,104,112)(H,105,113)(H,106,111). The molecular weight excluding hydrogens is 1490 g/mol. The van der Waals surface area contributed by atoms with Gasteiger partial charge in [-0.15, -0.1) is 5.10 Å². The molecule has 1 saturated carbocycles. The quantitative estimate of drug-likeness (QED) is 0.0333. The maximum absolute atomic E-state index is 13.6. The van der Waals surface area contributed by atoms with Crippen LogP contribution < -0.4 is 26.6 Å². The van der Waals surface area contributed by atoms with Gasteiger partial charge in [-0.3, -0.25) is 9.59 Å². The highest BCUT2D eigenvalue weighted by atomic mass is 16.6. The number of ether oxygens (including phenoxy) is 6. The Morgan fingerprint density at radius 2 is 0.899 bits per heavy atom. The molecule has 18 nitrogen and oxygen atoms in total. The van der Waals surface area contributed by atoms with E-state index in [1.54, 1.807) is 0 Å². The number of hydrogen-bond acceptors (Lipinski definition) is 13. The van der Waals surface area contributed by atoms with Gasteiger partial charge in [-0.05, 0) is 136 Å². The van der Waals surface area contributed by atoms with Gasteiger partial charge < -0.3 is 55.0 Å². The average molecular weight is 1660 g/mol. The van der Waals surface area contributed by atoms with E-state index in [2.05, 4.69) is 93.2 Å². The van der Waals surface area contributed by atoms with Crippen molar-refractivity contribution in [2.45, 2.75) is 450 Å². The maximum atomic E-state index is 13.6. The van der Waals surface area contributed by atoms with Crippen molar-refractivity contribution < 1.29 is 47.6 Å². The van der Waals surface area contributed by atoms with Crippen LogP contribution in [0.2, 0.25) is 0 Å². The van der Waals surface area contributed by atoms with Crippen LogP contribution in [-0.4, -0.2) is 135 Å². The van der Waals surface area contributed by atoms with Crippen molar-refractivity contribution >= 4 is 24.0 Å². The molecule has 682 valence electrons. The Labute approximate surface area is 726 Å². The van der Waals surface area contributed by atoms with Gasteiger partial charge in [0.2, 0.25) is 11.8 Å². The Balaban J connectivity index is 0.871. The minimum Gasteiger partial charge on any atom is -0.446 e. The molecule has 3 aromatic rings. The zero-order chi connectivity index (χ0) is 85.1. The molecule has 1 heterocycles. The summed E-state index contributed by atoms with van der Waals surface area (Å²) in [5.41, 5.74) is 4.25. The van der Waals surface area contributed by atoms with Crippen LogP contribution in [0.1, 0.15) is 432 Å². The molecule has 2 aromatic carbocycles. The van der Waals surface area contributed by atoms with Gasteiger partial charge in [-0.25, -0.2) is 14.3 Å². The second-order valence-electron chi connectivity index (χ2n) is 36.8. The van der Waals surface area contributed by atoms with Crippen LogP contribution in [0.25, 0.3) is 22.5 Å². The van der Waals surface area contributed by atoms with Crippen LogP contribution in [0, 0.1) is 5.92 Å². The summed E-state index contributed by atoms with van der Waals surface area (Å²) in [6.07, 6.45) is 67.3. The van der Waals surface area contributed by atoms with Crippen LogP contribution in [0.4, 0.5) is 9.59 Å². The fourth-order valence-corrected chi connectivity index (χ4v) is 16.9. The van der Waals surface area contributed by atoms with Crippen molar-refractivity contribution in [2.24, 2.45) is 5.92 Å². The van der Waals surface area contributed by atoms with Gasteiger partial charge in [0, 0.05) is 81.9 Å². The Hall–Kier alpha value is -5.14. The average Bonchev–Trinajstić information content (AvgIpc) is 1.64. The highest BCUT2D eigenvalue weighted by Gasteiger charge is 2.33. The highest BCUT2D eigenvalue weighted by molar-refractivity contribution is 5.83. The summed E-state index contributed by atoms with van der Waals surface area (Å²) >= 11 is 0. The molecule has 5 N–H and O–H groups in total. The zero-order valence-corrected chi connectivity index (χ0v) is 77.4. The summed E-state index contributed by atoms with van der Waals surface area (Å²) in [4.78, 5) is 52.5. The molecule has 0 saturated heterocycles. The summed E-state index contributed by atoms with van der Waals surface area (Å²) < 4.78 is 39.7. The second-order valence-corrected chi connectivity index (χ2v) is 36.8. The van der Waals surface area contributed by atoms with E-state index >= 15 is 0 Å². The van der Waals surface area contributed by atoms with Gasteiger partial charge in [0.1, 0.15) is 24.0 Å². The van der Waals surface area contributed by atoms with Crippen molar-refractivity contribution in [2.75, 3.05) is 78.9 Å². The minimum atomic E-state index is -0.638. The van der Waals surface area contributed by atoms with E-state index in [4.69, 9.17) is 38.7 Å². The monoisotopic (exact) mass is 1660 g/mol. The lowest BCUT2D eigenvalue weighted by atomic mass is 9.87. The largest absolute Gasteiger partial charge is 0.446 e. The number of hydrogen-bond donors (Lipinski definition) is 5. The lowest BCUT2D eigenvalue weighted by Gasteiger charge is -2.32. The molecular formula is C101H178N8O10. The molecule has 18 heteroatoms. The molecule has 1 aromatic heterocycles. The first-order chi connectivity index (χ1) is 58.2. The summed E-state index contributed by atoms with van der Waals surface area (Å²) in [5.74, 6) is 0.739. The molecule has 0 radical (unpaired) electrons. The first kappa shape index (κ1) is 104. The SMILES string of the molecule is CCCCCCCCCCCCCCCCCCOCC(CC)(COC(=O)NCCCCCCNCCC(C)(C)OCCC(C)(C)OCCNC(=O)CCCCCNC(=O)OC1Cc2ccccc2-c2nnn(CCCCCC(=O)NCC3CCCCCCCCCCC3)c2-c2ccccc21)OCCCCCCCCCCCCCCCCC. The first-order valence-electron chi connectivity index (χ1n) is 49.9. The van der Waals surface area contributed by atoms with Crippen LogP contribution >= 0.6 is 0 Å². The topological polar surface area (TPSA) is 215 Å². The Morgan fingerprint density at radius 3 is 1.48 bits per heavy atom. The molecule has 0 aliphatic heterocycles. The molecule has 1 fully saturated rings. The number of carbonyl (C=O) groups excluding carboxylic acids is 4. The third kappa shape index (κ3) is 51.0. The van der Waals surface area contributed by atoms with E-state index in [1.165, 1.54) is 257 Å². The van der Waals surface area contributed by atoms with Gasteiger partial charge in [0.25, 0.3) is 0 Å². The molecule has 2 unspecified atom stereocenters. The van der Waals surface area contributed by atoms with Crippen LogP contribution in [-0.2, 0) is 51.0 Å². The number of aromatic nitrogens is 3. The fourth-order valence-electron chi connectivity index (χ4n) is 16.9. The Kier molecular flexibility index (Phi) is 59.9. The van der Waals surface area contributed by atoms with Crippen molar-refractivity contribution in [1.82, 2.24) is 41.6 Å². The molecule has 0 bridgehead atoms. The number of amides is 4. The number of fused-ring (bicyclic) bond motifs is 5. The molecule has 2 atom stereocenters. The van der Waals surface area contributed by atoms with Gasteiger partial charge >= 0.3 is 12.2 Å². The molecule has 0 spiro atoms. The van der Waals surface area contributed by atoms with E-state index in [-0.39, 0.29) is 30.1 Å². The van der Waals surface area contributed by atoms with Gasteiger partial charge in [0.15, 0.2) is 0 Å². The zero-order valence-electron chi connectivity index (χ0n) is 77.4. The van der Waals surface area contributed by atoms with E-state index in [9.17, 15) is 19.2 Å². The molecule has 5 rings (SSSR count). The summed E-state index contributed by atoms with van der Waals surface area (Å²) in [5, 5.41) is 25.4. The highest BCUT2D eigenvalue weighted by Crippen LogP contribution is 2.42. The van der Waals surface area contributed by atoms with Crippen molar-refractivity contribution in [1.29, 1.82) is 0 Å². The lowest BCUT2D eigenvalue weighted by Crippen LogP contribution is -2.44. The Morgan fingerprint density at radius 1 is 0.429 bits per heavy atom. The number of benzene rings is 2. The number of carbonyl (C=O) groups is 4. The predicted molar refractivity (Wildman–Crippen MR) is 493 cm³/mol. The number of aryl methyl sites for hydroxylation is 1. The third-order valence-electron chi connectivity index (χ3n) is 25.0. The molecule has 2 aliphatic rings. The number of unbranched alkanes of at least 4 members (excludes halogenated alkanes) is 36. The number of alkyl carbamates (subject to hydrolysis) is 2. The van der Waals surface area contributed by atoms with Crippen molar-refractivity contribution in [3.05, 3.63) is 59.7 Å². The van der Waals surface area contributed by atoms with E-state index in [0.29, 0.717) is 90.6 Å². The normalized spacial score (nSPS) is 14.8. The van der Waals surface area contributed by atoms with Crippen molar-refractivity contribution in [3.8, 4) is 22.5 Å². The predicted octanol–water partition coefficient (Wildman–Crippen LogP) is 25.8. The smallest absolute Gasteiger partial charge is 0.407 e. The fraction of sp³-hybridized carbons (Fsp3) is 0.822. The Bertz CT molecular complexity index is 2980. The summed E-state index contributed by atoms with van der Waals surface area (Å²) in [6, 6.07) is 16.3. The van der Waals surface area contributed by atoms with Gasteiger partial charge in [-0.1, -0.05) is 344 Å². The lowest BCUT2D eigenvalue weighted by molar-refractivity contribution is -0.127. The third-order valence-corrected chi connectivity index (χ3v) is 25.0. The van der Waals surface area contributed by atoms with E-state index in [1.807, 2.05) is 35.0 Å². The van der Waals surface area contributed by atoms with E-state index in [0.717, 1.165) is 143 Å². The van der Waals surface area contributed by atoms with Crippen molar-refractivity contribution in [3.63, 3.8) is 0 Å². The van der Waals surface area contributed by atoms with Gasteiger partial charge in [0.05, 0.1) is 36.7 Å². The maximum Gasteiger partial charge on any atom is 0.407 e. The molecule has 4 amide bonds. The van der Waals surface area contributed by atoms with Crippen LogP contribution in [0.3, 0.4) is 0 Å². The summed E-state index contributed by atoms with van der Waals surface area (Å²) in [7, 11) is 0. The van der Waals surface area contributed by atoms with E-state index < -0.39 is 23.4 Å². The molecule has 119 heavy (non-hydrogen) atoms. The summed E-state index contributed by atoms with van der Waals surface area (Å²) in [6.45, 7) is 22.9. The second kappa shape index (κ2) is 68.2. The number of rotatable bonds is 72. The minimum absolute atomic E-state index is 0.00947. The number of nitrogens with zero attached hydrogens (tertiary/aromatic N) is 3. The first-order valence-corrected chi connectivity index (χ1v) is 49.9. The van der Waals surface area contributed by atoms with Crippen LogP contribution in [0.5, 0.6) is 0 Å². The van der Waals surface area contributed by atoms with Crippen LogP contribution in [0.15, 0.2) is 48.5 Å².